The third-order valence-electron chi connectivity index (χ3n) is 3.92. The van der Waals surface area contributed by atoms with Gasteiger partial charge in [-0.2, -0.15) is 5.10 Å². The molecule has 2 aromatic carbocycles. The molecule has 0 aromatic heterocycles. The fourth-order valence-corrected chi connectivity index (χ4v) is 3.59. The van der Waals surface area contributed by atoms with Crippen LogP contribution in [0.25, 0.3) is 0 Å². The van der Waals surface area contributed by atoms with Crippen molar-refractivity contribution < 1.29 is 13.2 Å². The van der Waals surface area contributed by atoms with E-state index in [0.29, 0.717) is 11.4 Å². The van der Waals surface area contributed by atoms with E-state index in [9.17, 15) is 13.2 Å². The maximum atomic E-state index is 12.3. The van der Waals surface area contributed by atoms with Crippen molar-refractivity contribution in [3.8, 4) is 0 Å². The largest absolute Gasteiger partial charge is 0.271 e. The van der Waals surface area contributed by atoms with Gasteiger partial charge in [-0.05, 0) is 37.5 Å². The van der Waals surface area contributed by atoms with Crippen molar-refractivity contribution in [1.29, 1.82) is 0 Å². The lowest BCUT2D eigenvalue weighted by Gasteiger charge is -2.25. The molecule has 0 fully saturated rings. The van der Waals surface area contributed by atoms with E-state index in [2.05, 4.69) is 10.5 Å². The van der Waals surface area contributed by atoms with Gasteiger partial charge in [0.05, 0.1) is 17.7 Å². The minimum atomic E-state index is -3.62. The summed E-state index contributed by atoms with van der Waals surface area (Å²) in [5.41, 5.74) is 6.04. The summed E-state index contributed by atoms with van der Waals surface area (Å²) in [4.78, 5) is 12.3. The first kappa shape index (κ1) is 19.7. The number of nitrogens with zero attached hydrogens (tertiary/aromatic N) is 2. The average Bonchev–Trinajstić information content (AvgIpc) is 2.58. The summed E-state index contributed by atoms with van der Waals surface area (Å²) in [5.74, 6) is -0.506. The lowest BCUT2D eigenvalue weighted by Crippen LogP contribution is -2.40. The normalized spacial score (nSPS) is 11.9. The van der Waals surface area contributed by atoms with E-state index in [1.807, 2.05) is 62.4 Å². The molecule has 0 radical (unpaired) electrons. The van der Waals surface area contributed by atoms with E-state index in [1.54, 1.807) is 6.92 Å². The van der Waals surface area contributed by atoms with Crippen LogP contribution in [0.15, 0.2) is 53.6 Å². The number of carbonyl (C=O) groups is 1. The van der Waals surface area contributed by atoms with Crippen LogP contribution in [0.3, 0.4) is 0 Å². The van der Waals surface area contributed by atoms with Crippen LogP contribution in [0, 0.1) is 13.8 Å². The first-order chi connectivity index (χ1) is 12.2. The Morgan fingerprint density at radius 1 is 1.04 bits per heavy atom. The lowest BCUT2D eigenvalue weighted by atomic mass is 10.1. The molecule has 0 bridgehead atoms. The predicted octanol–water partition coefficient (Wildman–Crippen LogP) is 2.61. The van der Waals surface area contributed by atoms with Crippen molar-refractivity contribution in [3.63, 3.8) is 0 Å². The molecule has 138 valence electrons. The van der Waals surface area contributed by atoms with Gasteiger partial charge < -0.3 is 0 Å². The standard InChI is InChI=1S/C19H23N3O3S/c1-14-9-8-10-15(2)19(14)22(26(4,24)25)13-18(23)21-20-16(3)17-11-6-5-7-12-17/h5-12H,13H2,1-4H3,(H,21,23)/b20-16-. The Hall–Kier alpha value is -2.67. The monoisotopic (exact) mass is 373 g/mol. The van der Waals surface area contributed by atoms with Crippen molar-refractivity contribution in [3.05, 3.63) is 65.2 Å². The summed E-state index contributed by atoms with van der Waals surface area (Å²) >= 11 is 0. The summed E-state index contributed by atoms with van der Waals surface area (Å²) in [5, 5.41) is 4.06. The van der Waals surface area contributed by atoms with E-state index in [4.69, 9.17) is 0 Å². The molecule has 1 N–H and O–H groups in total. The molecule has 0 aliphatic rings. The summed E-state index contributed by atoms with van der Waals surface area (Å²) < 4.78 is 25.6. The van der Waals surface area contributed by atoms with E-state index < -0.39 is 15.9 Å². The number of para-hydroxylation sites is 1. The third-order valence-corrected chi connectivity index (χ3v) is 5.03. The highest BCUT2D eigenvalue weighted by Crippen LogP contribution is 2.26. The molecule has 0 saturated heterocycles. The van der Waals surface area contributed by atoms with Crippen LogP contribution in [0.4, 0.5) is 5.69 Å². The molecule has 0 spiro atoms. The van der Waals surface area contributed by atoms with Gasteiger partial charge in [-0.25, -0.2) is 13.8 Å². The highest BCUT2D eigenvalue weighted by atomic mass is 32.2. The van der Waals surface area contributed by atoms with Gasteiger partial charge in [-0.15, -0.1) is 0 Å². The Labute approximate surface area is 154 Å². The lowest BCUT2D eigenvalue weighted by molar-refractivity contribution is -0.119. The van der Waals surface area contributed by atoms with E-state index >= 15 is 0 Å². The van der Waals surface area contributed by atoms with Crippen molar-refractivity contribution in [1.82, 2.24) is 5.43 Å². The number of hydrogen-bond acceptors (Lipinski definition) is 4. The zero-order chi connectivity index (χ0) is 19.3. The number of benzene rings is 2. The average molecular weight is 373 g/mol. The first-order valence-electron chi connectivity index (χ1n) is 8.12. The topological polar surface area (TPSA) is 78.8 Å². The van der Waals surface area contributed by atoms with Crippen molar-refractivity contribution in [2.24, 2.45) is 5.10 Å². The third kappa shape index (κ3) is 4.92. The van der Waals surface area contributed by atoms with Gasteiger partial charge in [-0.3, -0.25) is 9.10 Å². The number of hydrogen-bond donors (Lipinski definition) is 1. The Balaban J connectivity index is 2.21. The van der Waals surface area contributed by atoms with Crippen LogP contribution in [-0.2, 0) is 14.8 Å². The number of amides is 1. The summed E-state index contributed by atoms with van der Waals surface area (Å²) in [6, 6.07) is 14.9. The SMILES string of the molecule is C/C(=N/NC(=O)CN(c1c(C)cccc1C)S(C)(=O)=O)c1ccccc1. The number of rotatable bonds is 6. The Bertz CT molecular complexity index is 902. The maximum absolute atomic E-state index is 12.3. The minimum absolute atomic E-state index is 0.337. The fourth-order valence-electron chi connectivity index (χ4n) is 2.62. The molecule has 6 nitrogen and oxygen atoms in total. The first-order valence-corrected chi connectivity index (χ1v) is 9.97. The van der Waals surface area contributed by atoms with Gasteiger partial charge >= 0.3 is 0 Å². The molecule has 7 heteroatoms. The predicted molar refractivity (Wildman–Crippen MR) is 105 cm³/mol. The molecule has 0 aliphatic carbocycles. The van der Waals surface area contributed by atoms with Crippen LogP contribution in [0.5, 0.6) is 0 Å². The Morgan fingerprint density at radius 2 is 1.62 bits per heavy atom. The molecular weight excluding hydrogens is 350 g/mol. The van der Waals surface area contributed by atoms with E-state index in [-0.39, 0.29) is 6.54 Å². The number of carbonyl (C=O) groups excluding carboxylic acids is 1. The van der Waals surface area contributed by atoms with E-state index in [0.717, 1.165) is 27.3 Å². The molecule has 0 saturated carbocycles. The quantitative estimate of drug-likeness (QED) is 0.624. The van der Waals surface area contributed by atoms with Gasteiger partial charge in [0, 0.05) is 0 Å². The fraction of sp³-hybridized carbons (Fsp3) is 0.263. The molecule has 1 amide bonds. The second kappa shape index (κ2) is 8.14. The van der Waals surface area contributed by atoms with Gasteiger partial charge in [0.1, 0.15) is 6.54 Å². The van der Waals surface area contributed by atoms with Crippen molar-refractivity contribution >= 4 is 27.3 Å². The number of nitrogens with one attached hydrogen (secondary N) is 1. The van der Waals surface area contributed by atoms with Gasteiger partial charge in [0.25, 0.3) is 5.91 Å². The molecule has 0 heterocycles. The highest BCUT2D eigenvalue weighted by molar-refractivity contribution is 7.92. The molecule has 0 aliphatic heterocycles. The summed E-state index contributed by atoms with van der Waals surface area (Å²) in [6.07, 6.45) is 1.09. The zero-order valence-electron chi connectivity index (χ0n) is 15.4. The number of anilines is 1. The van der Waals surface area contributed by atoms with Gasteiger partial charge in [0.15, 0.2) is 0 Å². The van der Waals surface area contributed by atoms with Gasteiger partial charge in [-0.1, -0.05) is 48.5 Å². The Kier molecular flexibility index (Phi) is 6.15. The van der Waals surface area contributed by atoms with E-state index in [1.165, 1.54) is 0 Å². The smallest absolute Gasteiger partial charge is 0.260 e. The minimum Gasteiger partial charge on any atom is -0.271 e. The van der Waals surface area contributed by atoms with Crippen LogP contribution in [-0.4, -0.2) is 32.8 Å². The zero-order valence-corrected chi connectivity index (χ0v) is 16.2. The Morgan fingerprint density at radius 3 is 2.15 bits per heavy atom. The van der Waals surface area contributed by atoms with Crippen molar-refractivity contribution in [2.75, 3.05) is 17.1 Å². The number of hydrazone groups is 1. The molecule has 0 unspecified atom stereocenters. The van der Waals surface area contributed by atoms with Crippen molar-refractivity contribution in [2.45, 2.75) is 20.8 Å². The van der Waals surface area contributed by atoms with Crippen LogP contribution in [0.2, 0.25) is 0 Å². The summed E-state index contributed by atoms with van der Waals surface area (Å²) in [6.45, 7) is 5.07. The molecule has 0 atom stereocenters. The van der Waals surface area contributed by atoms with Crippen LogP contribution in [0.1, 0.15) is 23.6 Å². The molecule has 2 rings (SSSR count). The van der Waals surface area contributed by atoms with Crippen LogP contribution < -0.4 is 9.73 Å². The summed E-state index contributed by atoms with van der Waals surface area (Å²) in [7, 11) is -3.62. The molecule has 26 heavy (non-hydrogen) atoms. The number of aryl methyl sites for hydroxylation is 2. The van der Waals surface area contributed by atoms with Crippen LogP contribution >= 0.6 is 0 Å². The second-order valence-electron chi connectivity index (χ2n) is 6.11. The maximum Gasteiger partial charge on any atom is 0.260 e. The molecular formula is C19H23N3O3S. The highest BCUT2D eigenvalue weighted by Gasteiger charge is 2.23. The number of sulfonamides is 1. The van der Waals surface area contributed by atoms with Gasteiger partial charge in [0.2, 0.25) is 10.0 Å². The molecule has 2 aromatic rings. The second-order valence-corrected chi connectivity index (χ2v) is 8.02.